The molecule has 0 saturated carbocycles. The first kappa shape index (κ1) is 12.4. The Balaban J connectivity index is 3.11. The summed E-state index contributed by atoms with van der Waals surface area (Å²) >= 11 is 3.40. The van der Waals surface area contributed by atoms with E-state index in [1.807, 2.05) is 6.92 Å². The molecule has 84 valence electrons. The molecular weight excluding hydrogens is 258 g/mol. The van der Waals surface area contributed by atoms with E-state index < -0.39 is 0 Å². The molecule has 0 spiro atoms. The van der Waals surface area contributed by atoms with Crippen LogP contribution >= 0.6 is 15.9 Å². The molecule has 0 aliphatic rings. The Morgan fingerprint density at radius 3 is 2.67 bits per heavy atom. The quantitative estimate of drug-likeness (QED) is 0.916. The Labute approximate surface area is 98.4 Å². The summed E-state index contributed by atoms with van der Waals surface area (Å²) in [5.41, 5.74) is 6.74. The van der Waals surface area contributed by atoms with Crippen LogP contribution in [0.1, 0.15) is 37.9 Å². The zero-order chi connectivity index (χ0) is 11.4. The molecule has 0 aliphatic heterocycles. The van der Waals surface area contributed by atoms with Crippen molar-refractivity contribution in [2.75, 3.05) is 12.8 Å². The summed E-state index contributed by atoms with van der Waals surface area (Å²) < 4.78 is 5.97. The molecule has 0 fully saturated rings. The van der Waals surface area contributed by atoms with E-state index in [0.29, 0.717) is 11.6 Å². The maximum absolute atomic E-state index is 5.79. The molecule has 5 heteroatoms. The number of ether oxygens (including phenoxy) is 1. The number of nitrogen functional groups attached to an aromatic ring is 1. The van der Waals surface area contributed by atoms with E-state index in [1.54, 1.807) is 7.11 Å². The summed E-state index contributed by atoms with van der Waals surface area (Å²) in [6.45, 7) is 4.00. The van der Waals surface area contributed by atoms with Crippen LogP contribution in [0.5, 0.6) is 0 Å². The molecule has 1 unspecified atom stereocenters. The van der Waals surface area contributed by atoms with Gasteiger partial charge >= 0.3 is 0 Å². The molecule has 4 nitrogen and oxygen atoms in total. The largest absolute Gasteiger partial charge is 0.383 e. The molecule has 0 aliphatic carbocycles. The number of halogens is 1. The van der Waals surface area contributed by atoms with Crippen LogP contribution < -0.4 is 5.73 Å². The third kappa shape index (κ3) is 2.89. The number of nitrogens with zero attached hydrogens (tertiary/aromatic N) is 2. The van der Waals surface area contributed by atoms with Gasteiger partial charge in [-0.3, -0.25) is 0 Å². The smallest absolute Gasteiger partial charge is 0.159 e. The summed E-state index contributed by atoms with van der Waals surface area (Å²) in [6, 6.07) is 0. The lowest BCUT2D eigenvalue weighted by Gasteiger charge is -2.12. The van der Waals surface area contributed by atoms with Gasteiger partial charge in [-0.1, -0.05) is 13.3 Å². The van der Waals surface area contributed by atoms with Gasteiger partial charge in [-0.15, -0.1) is 0 Å². The number of methoxy groups -OCH3 is 1. The number of hydrogen-bond donors (Lipinski definition) is 1. The zero-order valence-electron chi connectivity index (χ0n) is 9.25. The standard InChI is InChI=1S/C10H16BrN3O/c1-4-5-7-8(11)9(12)14-10(13-7)6(2)15-3/h6H,4-5H2,1-3H3,(H2,12,13,14). The Morgan fingerprint density at radius 2 is 2.13 bits per heavy atom. The highest BCUT2D eigenvalue weighted by atomic mass is 79.9. The molecule has 1 atom stereocenters. The molecular formula is C10H16BrN3O. The van der Waals surface area contributed by atoms with Crippen molar-refractivity contribution in [2.24, 2.45) is 0 Å². The van der Waals surface area contributed by atoms with Crippen molar-refractivity contribution < 1.29 is 4.74 Å². The second kappa shape index (κ2) is 5.42. The van der Waals surface area contributed by atoms with E-state index in [0.717, 1.165) is 23.0 Å². The first-order valence-corrected chi connectivity index (χ1v) is 5.74. The summed E-state index contributed by atoms with van der Waals surface area (Å²) in [7, 11) is 1.63. The van der Waals surface area contributed by atoms with Gasteiger partial charge in [-0.25, -0.2) is 9.97 Å². The lowest BCUT2D eigenvalue weighted by molar-refractivity contribution is 0.112. The highest BCUT2D eigenvalue weighted by molar-refractivity contribution is 9.10. The second-order valence-corrected chi connectivity index (χ2v) is 4.15. The molecule has 1 rings (SSSR count). The van der Waals surface area contributed by atoms with Crippen molar-refractivity contribution >= 4 is 21.7 Å². The fraction of sp³-hybridized carbons (Fsp3) is 0.600. The van der Waals surface area contributed by atoms with Crippen LogP contribution in [-0.4, -0.2) is 17.1 Å². The van der Waals surface area contributed by atoms with Crippen molar-refractivity contribution in [3.8, 4) is 0 Å². The van der Waals surface area contributed by atoms with E-state index in [2.05, 4.69) is 32.8 Å². The Bertz CT molecular complexity index is 344. The Kier molecular flexibility index (Phi) is 4.47. The summed E-state index contributed by atoms with van der Waals surface area (Å²) in [6.07, 6.45) is 1.78. The lowest BCUT2D eigenvalue weighted by atomic mass is 10.2. The maximum atomic E-state index is 5.79. The van der Waals surface area contributed by atoms with E-state index in [9.17, 15) is 0 Å². The SMILES string of the molecule is CCCc1nc(C(C)OC)nc(N)c1Br. The number of aromatic nitrogens is 2. The van der Waals surface area contributed by atoms with Crippen LogP contribution in [-0.2, 0) is 11.2 Å². The number of hydrogen-bond acceptors (Lipinski definition) is 4. The normalized spacial score (nSPS) is 12.8. The third-order valence-electron chi connectivity index (χ3n) is 2.17. The molecule has 0 amide bonds. The van der Waals surface area contributed by atoms with E-state index in [-0.39, 0.29) is 6.10 Å². The molecule has 1 heterocycles. The maximum Gasteiger partial charge on any atom is 0.159 e. The van der Waals surface area contributed by atoms with Crippen molar-refractivity contribution in [3.63, 3.8) is 0 Å². The zero-order valence-corrected chi connectivity index (χ0v) is 10.8. The highest BCUT2D eigenvalue weighted by Gasteiger charge is 2.13. The van der Waals surface area contributed by atoms with E-state index in [1.165, 1.54) is 0 Å². The topological polar surface area (TPSA) is 61.0 Å². The first-order chi connectivity index (χ1) is 7.10. The van der Waals surface area contributed by atoms with Crippen LogP contribution in [0.3, 0.4) is 0 Å². The summed E-state index contributed by atoms with van der Waals surface area (Å²) in [5.74, 6) is 1.12. The minimum Gasteiger partial charge on any atom is -0.383 e. The van der Waals surface area contributed by atoms with Crippen molar-refractivity contribution in [1.29, 1.82) is 0 Å². The Hall–Kier alpha value is -0.680. The molecule has 0 bridgehead atoms. The van der Waals surface area contributed by atoms with Crippen LogP contribution in [0.15, 0.2) is 4.47 Å². The highest BCUT2D eigenvalue weighted by Crippen LogP contribution is 2.24. The summed E-state index contributed by atoms with van der Waals surface area (Å²) in [4.78, 5) is 8.61. The van der Waals surface area contributed by atoms with Crippen LogP contribution in [0, 0.1) is 0 Å². The predicted octanol–water partition coefficient (Wildman–Crippen LogP) is 2.48. The molecule has 0 saturated heterocycles. The average Bonchev–Trinajstić information content (AvgIpc) is 2.23. The van der Waals surface area contributed by atoms with Crippen molar-refractivity contribution in [1.82, 2.24) is 9.97 Å². The number of anilines is 1. The lowest BCUT2D eigenvalue weighted by Crippen LogP contribution is -2.09. The van der Waals surface area contributed by atoms with Crippen LogP contribution in [0.2, 0.25) is 0 Å². The van der Waals surface area contributed by atoms with Gasteiger partial charge in [-0.05, 0) is 29.3 Å². The van der Waals surface area contributed by atoms with Gasteiger partial charge < -0.3 is 10.5 Å². The second-order valence-electron chi connectivity index (χ2n) is 3.36. The van der Waals surface area contributed by atoms with Gasteiger partial charge in [-0.2, -0.15) is 0 Å². The van der Waals surface area contributed by atoms with Crippen LogP contribution in [0.4, 0.5) is 5.82 Å². The van der Waals surface area contributed by atoms with Crippen molar-refractivity contribution in [3.05, 3.63) is 16.0 Å². The predicted molar refractivity (Wildman–Crippen MR) is 63.6 cm³/mol. The number of rotatable bonds is 4. The number of nitrogens with two attached hydrogens (primary N) is 1. The van der Waals surface area contributed by atoms with Gasteiger partial charge in [0.1, 0.15) is 11.9 Å². The first-order valence-electron chi connectivity index (χ1n) is 4.94. The Morgan fingerprint density at radius 1 is 1.47 bits per heavy atom. The molecule has 0 aromatic carbocycles. The molecule has 1 aromatic rings. The van der Waals surface area contributed by atoms with E-state index in [4.69, 9.17) is 10.5 Å². The third-order valence-corrected chi connectivity index (χ3v) is 3.03. The monoisotopic (exact) mass is 273 g/mol. The van der Waals surface area contributed by atoms with Gasteiger partial charge in [0.25, 0.3) is 0 Å². The minimum absolute atomic E-state index is 0.129. The van der Waals surface area contributed by atoms with E-state index >= 15 is 0 Å². The minimum atomic E-state index is -0.129. The van der Waals surface area contributed by atoms with Gasteiger partial charge in [0.05, 0.1) is 10.2 Å². The molecule has 1 aromatic heterocycles. The van der Waals surface area contributed by atoms with Crippen molar-refractivity contribution in [2.45, 2.75) is 32.8 Å². The fourth-order valence-electron chi connectivity index (χ4n) is 1.22. The van der Waals surface area contributed by atoms with Crippen LogP contribution in [0.25, 0.3) is 0 Å². The van der Waals surface area contributed by atoms with Gasteiger partial charge in [0.15, 0.2) is 5.82 Å². The average molecular weight is 274 g/mol. The molecule has 2 N–H and O–H groups in total. The number of aryl methyl sites for hydroxylation is 1. The van der Waals surface area contributed by atoms with Gasteiger partial charge in [0, 0.05) is 7.11 Å². The molecule has 15 heavy (non-hydrogen) atoms. The molecule has 0 radical (unpaired) electrons. The summed E-state index contributed by atoms with van der Waals surface area (Å²) in [5, 5.41) is 0. The van der Waals surface area contributed by atoms with Gasteiger partial charge in [0.2, 0.25) is 0 Å². The fourth-order valence-corrected chi connectivity index (χ4v) is 1.60.